The van der Waals surface area contributed by atoms with Gasteiger partial charge in [-0.25, -0.2) is 0 Å². The Kier molecular flexibility index (Phi) is 7.17. The number of fused-ring (bicyclic) bond motifs is 1. The third-order valence-corrected chi connectivity index (χ3v) is 5.76. The van der Waals surface area contributed by atoms with Crippen molar-refractivity contribution in [2.24, 2.45) is 0 Å². The first-order valence-corrected chi connectivity index (χ1v) is 10.9. The molecule has 1 amide bonds. The minimum atomic E-state index is -0.488. The quantitative estimate of drug-likeness (QED) is 0.673. The Morgan fingerprint density at radius 3 is 2.97 bits per heavy atom. The van der Waals surface area contributed by atoms with Crippen LogP contribution in [-0.4, -0.2) is 54.5 Å². The fraction of sp³-hybridized carbons (Fsp3) is 0.652. The number of likely N-dealkylation sites (tertiary alicyclic amines) is 1. The highest BCUT2D eigenvalue weighted by molar-refractivity contribution is 6.00. The minimum absolute atomic E-state index is 0.0363. The van der Waals surface area contributed by atoms with E-state index in [0.29, 0.717) is 36.1 Å². The van der Waals surface area contributed by atoms with Crippen LogP contribution in [0.2, 0.25) is 0 Å². The number of piperidine rings is 1. The maximum absolute atomic E-state index is 12.3. The number of carbonyl (C=O) groups excluding carboxylic acids is 2. The number of ketones is 1. The van der Waals surface area contributed by atoms with Crippen molar-refractivity contribution in [3.05, 3.63) is 23.8 Å². The lowest BCUT2D eigenvalue weighted by atomic mass is 9.93. The Hall–Kier alpha value is -2.08. The average Bonchev–Trinajstić information content (AvgIpc) is 2.69. The van der Waals surface area contributed by atoms with E-state index in [4.69, 9.17) is 9.47 Å². The lowest BCUT2D eigenvalue weighted by Gasteiger charge is -2.35. The van der Waals surface area contributed by atoms with Crippen LogP contribution in [0.25, 0.3) is 0 Å². The standard InChI is InChI=1S/C23H34N2O4/c1-4-17-8-5-6-12-25(17)13-7-11-24-22(27)16-28-18-9-10-21-19(14-18)20(26)15-23(2,3)29-21/h9-10,14,17H,4-8,11-13,15-16H2,1-3H3,(H,24,27). The Labute approximate surface area is 173 Å². The summed E-state index contributed by atoms with van der Waals surface area (Å²) < 4.78 is 11.4. The van der Waals surface area contributed by atoms with Gasteiger partial charge in [0.05, 0.1) is 12.0 Å². The molecule has 0 radical (unpaired) electrons. The summed E-state index contributed by atoms with van der Waals surface area (Å²) in [7, 11) is 0. The van der Waals surface area contributed by atoms with E-state index in [1.165, 1.54) is 32.2 Å². The molecule has 0 bridgehead atoms. The maximum Gasteiger partial charge on any atom is 0.257 e. The number of Topliss-reactive ketones (excluding diaryl/α,β-unsaturated/α-hetero) is 1. The van der Waals surface area contributed by atoms with Crippen LogP contribution in [0, 0.1) is 0 Å². The molecule has 6 nitrogen and oxygen atoms in total. The first-order valence-electron chi connectivity index (χ1n) is 10.9. The van der Waals surface area contributed by atoms with Crippen LogP contribution in [0.3, 0.4) is 0 Å². The second-order valence-electron chi connectivity index (χ2n) is 8.71. The third-order valence-electron chi connectivity index (χ3n) is 5.76. The van der Waals surface area contributed by atoms with Crippen LogP contribution in [0.1, 0.15) is 69.7 Å². The van der Waals surface area contributed by atoms with Crippen molar-refractivity contribution in [1.29, 1.82) is 0 Å². The van der Waals surface area contributed by atoms with Crippen molar-refractivity contribution in [2.75, 3.05) is 26.2 Å². The van der Waals surface area contributed by atoms with Gasteiger partial charge in [-0.1, -0.05) is 13.3 Å². The summed E-state index contributed by atoms with van der Waals surface area (Å²) in [6.45, 7) is 8.85. The number of amides is 1. The van der Waals surface area contributed by atoms with Crippen LogP contribution >= 0.6 is 0 Å². The molecule has 2 aliphatic heterocycles. The van der Waals surface area contributed by atoms with Crippen LogP contribution in [0.4, 0.5) is 0 Å². The zero-order valence-corrected chi connectivity index (χ0v) is 18.0. The molecule has 0 spiro atoms. The number of nitrogens with one attached hydrogen (secondary N) is 1. The molecule has 2 heterocycles. The predicted octanol–water partition coefficient (Wildman–Crippen LogP) is 3.58. The first kappa shape index (κ1) is 21.6. The van der Waals surface area contributed by atoms with Gasteiger partial charge in [-0.05, 0) is 64.3 Å². The molecule has 1 atom stereocenters. The topological polar surface area (TPSA) is 67.9 Å². The Balaban J connectivity index is 1.40. The summed E-state index contributed by atoms with van der Waals surface area (Å²) in [5, 5.41) is 2.92. The van der Waals surface area contributed by atoms with Crippen molar-refractivity contribution in [2.45, 2.75) is 70.9 Å². The fourth-order valence-electron chi connectivity index (χ4n) is 4.25. The van der Waals surface area contributed by atoms with Gasteiger partial charge >= 0.3 is 0 Å². The maximum atomic E-state index is 12.3. The van der Waals surface area contributed by atoms with E-state index in [9.17, 15) is 9.59 Å². The summed E-state index contributed by atoms with van der Waals surface area (Å²) in [5.74, 6) is 0.979. The van der Waals surface area contributed by atoms with Crippen molar-refractivity contribution in [3.8, 4) is 11.5 Å². The molecular weight excluding hydrogens is 368 g/mol. The Morgan fingerprint density at radius 1 is 1.34 bits per heavy atom. The van der Waals surface area contributed by atoms with E-state index in [1.54, 1.807) is 18.2 Å². The van der Waals surface area contributed by atoms with Crippen LogP contribution in [-0.2, 0) is 4.79 Å². The summed E-state index contributed by atoms with van der Waals surface area (Å²) in [6, 6.07) is 5.84. The van der Waals surface area contributed by atoms with E-state index in [1.807, 2.05) is 13.8 Å². The van der Waals surface area contributed by atoms with Gasteiger partial charge in [0.2, 0.25) is 0 Å². The molecule has 1 unspecified atom stereocenters. The second-order valence-corrected chi connectivity index (χ2v) is 8.71. The number of rotatable bonds is 8. The average molecular weight is 403 g/mol. The highest BCUT2D eigenvalue weighted by Crippen LogP contribution is 2.35. The minimum Gasteiger partial charge on any atom is -0.487 e. The summed E-state index contributed by atoms with van der Waals surface area (Å²) >= 11 is 0. The highest BCUT2D eigenvalue weighted by atomic mass is 16.5. The molecule has 0 saturated carbocycles. The monoisotopic (exact) mass is 402 g/mol. The van der Waals surface area contributed by atoms with Crippen molar-refractivity contribution < 1.29 is 19.1 Å². The smallest absolute Gasteiger partial charge is 0.257 e. The number of hydrogen-bond donors (Lipinski definition) is 1. The molecule has 1 N–H and O–H groups in total. The van der Waals surface area contributed by atoms with Gasteiger partial charge in [0.15, 0.2) is 12.4 Å². The molecule has 160 valence electrons. The molecule has 6 heteroatoms. The van der Waals surface area contributed by atoms with E-state index >= 15 is 0 Å². The fourth-order valence-corrected chi connectivity index (χ4v) is 4.25. The molecule has 1 saturated heterocycles. The molecular formula is C23H34N2O4. The van der Waals surface area contributed by atoms with Crippen LogP contribution in [0.15, 0.2) is 18.2 Å². The van der Waals surface area contributed by atoms with Gasteiger partial charge in [0, 0.05) is 19.1 Å². The number of hydrogen-bond acceptors (Lipinski definition) is 5. The van der Waals surface area contributed by atoms with E-state index in [-0.39, 0.29) is 18.3 Å². The largest absolute Gasteiger partial charge is 0.487 e. The molecule has 0 aliphatic carbocycles. The number of nitrogens with zero attached hydrogens (tertiary/aromatic N) is 1. The molecule has 2 aliphatic rings. The van der Waals surface area contributed by atoms with Crippen molar-refractivity contribution in [1.82, 2.24) is 10.2 Å². The zero-order valence-electron chi connectivity index (χ0n) is 18.0. The van der Waals surface area contributed by atoms with Crippen LogP contribution in [0.5, 0.6) is 11.5 Å². The summed E-state index contributed by atoms with van der Waals surface area (Å²) in [5.41, 5.74) is 0.0340. The first-order chi connectivity index (χ1) is 13.9. The molecule has 3 rings (SSSR count). The molecule has 1 aromatic rings. The summed E-state index contributed by atoms with van der Waals surface area (Å²) in [6.07, 6.45) is 6.39. The molecule has 1 aromatic carbocycles. The second kappa shape index (κ2) is 9.61. The molecule has 29 heavy (non-hydrogen) atoms. The van der Waals surface area contributed by atoms with E-state index in [0.717, 1.165) is 13.0 Å². The predicted molar refractivity (Wildman–Crippen MR) is 113 cm³/mol. The number of ether oxygens (including phenoxy) is 2. The third kappa shape index (κ3) is 5.95. The highest BCUT2D eigenvalue weighted by Gasteiger charge is 2.32. The van der Waals surface area contributed by atoms with Crippen molar-refractivity contribution in [3.63, 3.8) is 0 Å². The Bertz CT molecular complexity index is 732. The van der Waals surface area contributed by atoms with Gasteiger partial charge in [-0.2, -0.15) is 0 Å². The van der Waals surface area contributed by atoms with Gasteiger partial charge in [0.25, 0.3) is 5.91 Å². The van der Waals surface area contributed by atoms with Crippen LogP contribution < -0.4 is 14.8 Å². The summed E-state index contributed by atoms with van der Waals surface area (Å²) in [4.78, 5) is 27.0. The van der Waals surface area contributed by atoms with Crippen molar-refractivity contribution >= 4 is 11.7 Å². The lowest BCUT2D eigenvalue weighted by molar-refractivity contribution is -0.123. The Morgan fingerprint density at radius 2 is 2.17 bits per heavy atom. The number of carbonyl (C=O) groups is 2. The van der Waals surface area contributed by atoms with Gasteiger partial charge in [-0.15, -0.1) is 0 Å². The number of benzene rings is 1. The normalized spacial score (nSPS) is 21.2. The van der Waals surface area contributed by atoms with Gasteiger partial charge in [0.1, 0.15) is 17.1 Å². The van der Waals surface area contributed by atoms with Gasteiger partial charge in [-0.3, -0.25) is 9.59 Å². The zero-order chi connectivity index (χ0) is 20.9. The molecule has 1 fully saturated rings. The van der Waals surface area contributed by atoms with E-state index < -0.39 is 5.60 Å². The lowest BCUT2D eigenvalue weighted by Crippen LogP contribution is -2.41. The molecule has 0 aromatic heterocycles. The van der Waals surface area contributed by atoms with E-state index in [2.05, 4.69) is 17.1 Å². The SMILES string of the molecule is CCC1CCCCN1CCCNC(=O)COc1ccc2c(c1)C(=O)CC(C)(C)O2. The van der Waals surface area contributed by atoms with Gasteiger partial charge < -0.3 is 19.7 Å².